The molecule has 0 spiro atoms. The van der Waals surface area contributed by atoms with Gasteiger partial charge >= 0.3 is 0 Å². The van der Waals surface area contributed by atoms with Crippen molar-refractivity contribution in [3.05, 3.63) is 83.3 Å². The van der Waals surface area contributed by atoms with E-state index >= 15 is 0 Å². The van der Waals surface area contributed by atoms with Crippen LogP contribution >= 0.6 is 23.4 Å². The lowest BCUT2D eigenvalue weighted by atomic mass is 10.1. The largest absolute Gasteiger partial charge is 0.352 e. The lowest BCUT2D eigenvalue weighted by Gasteiger charge is -2.10. The van der Waals surface area contributed by atoms with E-state index in [1.807, 2.05) is 60.8 Å². The van der Waals surface area contributed by atoms with Gasteiger partial charge in [0.05, 0.1) is 28.3 Å². The van der Waals surface area contributed by atoms with Gasteiger partial charge in [0, 0.05) is 40.0 Å². The highest BCUT2D eigenvalue weighted by Crippen LogP contribution is 2.39. The third-order valence-corrected chi connectivity index (χ3v) is 6.63. The molecule has 156 valence electrons. The zero-order valence-corrected chi connectivity index (χ0v) is 18.4. The van der Waals surface area contributed by atoms with Crippen LogP contribution in [0.1, 0.15) is 34.9 Å². The quantitative estimate of drug-likeness (QED) is 0.403. The molecule has 1 amide bonds. The van der Waals surface area contributed by atoms with Gasteiger partial charge in [0.1, 0.15) is 0 Å². The number of rotatable bonds is 7. The highest BCUT2D eigenvalue weighted by atomic mass is 35.5. The molecular formula is C24H21ClN4OS. The van der Waals surface area contributed by atoms with Crippen LogP contribution in [0.25, 0.3) is 10.9 Å². The van der Waals surface area contributed by atoms with E-state index in [0.717, 1.165) is 45.0 Å². The third kappa shape index (κ3) is 4.60. The van der Waals surface area contributed by atoms with Crippen LogP contribution in [0.3, 0.4) is 0 Å². The first-order valence-electron chi connectivity index (χ1n) is 10.3. The van der Waals surface area contributed by atoms with Crippen molar-refractivity contribution in [2.24, 2.45) is 0 Å². The number of pyridine rings is 1. The van der Waals surface area contributed by atoms with Crippen LogP contribution in [0.2, 0.25) is 5.02 Å². The average molecular weight is 449 g/mol. The maximum absolute atomic E-state index is 12.7. The standard InChI is InChI=1S/C24H21ClN4OS/c25-18-4-8-20(9-5-18)31-23-15-28-29(19-6-7-19)22(23)11-13-27-24(30)17-3-10-21-16(14-17)2-1-12-26-21/h1-5,8-10,12,14-15,19H,6-7,11,13H2,(H,27,30). The van der Waals surface area contributed by atoms with Gasteiger partial charge in [-0.3, -0.25) is 14.5 Å². The number of carbonyl (C=O) groups excluding carboxylic acids is 1. The number of nitrogens with zero attached hydrogens (tertiary/aromatic N) is 3. The minimum Gasteiger partial charge on any atom is -0.352 e. The van der Waals surface area contributed by atoms with Crippen molar-refractivity contribution in [1.82, 2.24) is 20.1 Å². The molecule has 1 aliphatic carbocycles. The van der Waals surface area contributed by atoms with Crippen LogP contribution < -0.4 is 5.32 Å². The van der Waals surface area contributed by atoms with Gasteiger partial charge in [-0.25, -0.2) is 0 Å². The van der Waals surface area contributed by atoms with E-state index < -0.39 is 0 Å². The molecule has 0 aliphatic heterocycles. The number of hydrogen-bond donors (Lipinski definition) is 1. The van der Waals surface area contributed by atoms with E-state index in [1.165, 1.54) is 5.69 Å². The van der Waals surface area contributed by atoms with Crippen molar-refractivity contribution in [1.29, 1.82) is 0 Å². The summed E-state index contributed by atoms with van der Waals surface area (Å²) in [6, 6.07) is 17.7. The maximum atomic E-state index is 12.7. The molecule has 0 unspecified atom stereocenters. The number of fused-ring (bicyclic) bond motifs is 1. The summed E-state index contributed by atoms with van der Waals surface area (Å²) in [6.07, 6.45) is 6.75. The summed E-state index contributed by atoms with van der Waals surface area (Å²) >= 11 is 7.70. The van der Waals surface area contributed by atoms with E-state index in [4.69, 9.17) is 11.6 Å². The Morgan fingerprint density at radius 2 is 2.00 bits per heavy atom. The summed E-state index contributed by atoms with van der Waals surface area (Å²) in [5.74, 6) is -0.0739. The lowest BCUT2D eigenvalue weighted by Crippen LogP contribution is -2.26. The highest BCUT2D eigenvalue weighted by Gasteiger charge is 2.28. The molecule has 0 bridgehead atoms. The molecule has 5 nitrogen and oxygen atoms in total. The Labute approximate surface area is 189 Å². The first-order valence-corrected chi connectivity index (χ1v) is 11.5. The SMILES string of the molecule is O=C(NCCc1c(Sc2ccc(Cl)cc2)cnn1C1CC1)c1ccc2ncccc2c1. The zero-order chi connectivity index (χ0) is 21.2. The zero-order valence-electron chi connectivity index (χ0n) is 16.8. The molecule has 1 fully saturated rings. The molecule has 0 atom stereocenters. The van der Waals surface area contributed by atoms with E-state index in [-0.39, 0.29) is 5.91 Å². The van der Waals surface area contributed by atoms with Crippen molar-refractivity contribution in [3.63, 3.8) is 0 Å². The average Bonchev–Trinajstić information content (AvgIpc) is 3.57. The second-order valence-electron chi connectivity index (χ2n) is 7.60. The number of hydrogen-bond acceptors (Lipinski definition) is 4. The molecule has 7 heteroatoms. The van der Waals surface area contributed by atoms with Gasteiger partial charge < -0.3 is 5.32 Å². The number of halogens is 1. The van der Waals surface area contributed by atoms with E-state index in [0.29, 0.717) is 18.2 Å². The van der Waals surface area contributed by atoms with E-state index in [1.54, 1.807) is 18.0 Å². The molecule has 0 radical (unpaired) electrons. The van der Waals surface area contributed by atoms with Gasteiger partial charge in [0.2, 0.25) is 0 Å². The molecular weight excluding hydrogens is 428 g/mol. The number of nitrogens with one attached hydrogen (secondary N) is 1. The first kappa shape index (κ1) is 20.1. The van der Waals surface area contributed by atoms with E-state index in [9.17, 15) is 4.79 Å². The number of benzene rings is 2. The molecule has 4 aromatic rings. The Bertz CT molecular complexity index is 1230. The van der Waals surface area contributed by atoms with Crippen molar-refractivity contribution in [3.8, 4) is 0 Å². The van der Waals surface area contributed by atoms with E-state index in [2.05, 4.69) is 20.1 Å². The van der Waals surface area contributed by atoms with Crippen molar-refractivity contribution in [2.75, 3.05) is 6.54 Å². The van der Waals surface area contributed by atoms with Crippen LogP contribution in [0.4, 0.5) is 0 Å². The summed E-state index contributed by atoms with van der Waals surface area (Å²) in [5, 5.41) is 9.38. The summed E-state index contributed by atoms with van der Waals surface area (Å²) in [5.41, 5.74) is 2.70. The van der Waals surface area contributed by atoms with Crippen molar-refractivity contribution < 1.29 is 4.79 Å². The first-order chi connectivity index (χ1) is 15.2. The van der Waals surface area contributed by atoms with Crippen molar-refractivity contribution in [2.45, 2.75) is 35.1 Å². The Morgan fingerprint density at radius 3 is 2.81 bits per heavy atom. The molecule has 0 saturated heterocycles. The number of amides is 1. The molecule has 31 heavy (non-hydrogen) atoms. The Balaban J connectivity index is 1.28. The van der Waals surface area contributed by atoms with Gasteiger partial charge in [0.25, 0.3) is 5.91 Å². The monoisotopic (exact) mass is 448 g/mol. The minimum absolute atomic E-state index is 0.0739. The number of carbonyl (C=O) groups is 1. The minimum atomic E-state index is -0.0739. The van der Waals surface area contributed by atoms with Gasteiger partial charge in [-0.1, -0.05) is 29.4 Å². The fraction of sp³-hybridized carbons (Fsp3) is 0.208. The summed E-state index contributed by atoms with van der Waals surface area (Å²) in [7, 11) is 0. The van der Waals surface area contributed by atoms with Crippen LogP contribution in [0.15, 0.2) is 76.8 Å². The molecule has 1 N–H and O–H groups in total. The fourth-order valence-electron chi connectivity index (χ4n) is 3.57. The van der Waals surface area contributed by atoms with Crippen LogP contribution in [-0.2, 0) is 6.42 Å². The van der Waals surface area contributed by atoms with Crippen LogP contribution in [-0.4, -0.2) is 27.2 Å². The van der Waals surface area contributed by atoms with Gasteiger partial charge in [-0.15, -0.1) is 0 Å². The van der Waals surface area contributed by atoms with Gasteiger partial charge in [-0.05, 0) is 61.4 Å². The molecule has 1 saturated carbocycles. The summed E-state index contributed by atoms with van der Waals surface area (Å²) < 4.78 is 2.13. The highest BCUT2D eigenvalue weighted by molar-refractivity contribution is 7.99. The predicted molar refractivity (Wildman–Crippen MR) is 124 cm³/mol. The van der Waals surface area contributed by atoms with Crippen LogP contribution in [0, 0.1) is 0 Å². The molecule has 5 rings (SSSR count). The normalized spacial score (nSPS) is 13.5. The smallest absolute Gasteiger partial charge is 0.251 e. The second-order valence-corrected chi connectivity index (χ2v) is 9.16. The summed E-state index contributed by atoms with van der Waals surface area (Å²) in [6.45, 7) is 0.552. The van der Waals surface area contributed by atoms with Crippen LogP contribution in [0.5, 0.6) is 0 Å². The fourth-order valence-corrected chi connectivity index (χ4v) is 4.64. The van der Waals surface area contributed by atoms with Gasteiger partial charge in [0.15, 0.2) is 0 Å². The molecule has 2 aromatic heterocycles. The summed E-state index contributed by atoms with van der Waals surface area (Å²) in [4.78, 5) is 19.2. The van der Waals surface area contributed by atoms with Crippen molar-refractivity contribution >= 4 is 40.2 Å². The molecule has 2 heterocycles. The number of aromatic nitrogens is 3. The Morgan fingerprint density at radius 1 is 1.16 bits per heavy atom. The lowest BCUT2D eigenvalue weighted by molar-refractivity contribution is 0.0954. The predicted octanol–water partition coefficient (Wildman–Crippen LogP) is 5.54. The molecule has 1 aliphatic rings. The Hall–Kier alpha value is -2.83. The molecule has 2 aromatic carbocycles. The Kier molecular flexibility index (Phi) is 5.66. The maximum Gasteiger partial charge on any atom is 0.251 e. The van der Waals surface area contributed by atoms with Gasteiger partial charge in [-0.2, -0.15) is 5.10 Å². The second kappa shape index (κ2) is 8.73. The third-order valence-electron chi connectivity index (χ3n) is 5.31. The topological polar surface area (TPSA) is 59.8 Å².